The third kappa shape index (κ3) is 5.72. The molecule has 1 atom stereocenters. The minimum Gasteiger partial charge on any atom is -0.480 e. The molecular formula is C30H25ClF2N4O3. The van der Waals surface area contributed by atoms with Crippen LogP contribution in [0.15, 0.2) is 60.8 Å². The van der Waals surface area contributed by atoms with Crippen LogP contribution in [0.3, 0.4) is 0 Å². The summed E-state index contributed by atoms with van der Waals surface area (Å²) < 4.78 is 29.7. The molecule has 0 bridgehead atoms. The number of anilines is 1. The molecule has 0 unspecified atom stereocenters. The van der Waals surface area contributed by atoms with Gasteiger partial charge in [-0.15, -0.1) is 0 Å². The van der Waals surface area contributed by atoms with E-state index in [9.17, 15) is 23.5 Å². The van der Waals surface area contributed by atoms with Gasteiger partial charge in [-0.3, -0.25) is 9.78 Å². The van der Waals surface area contributed by atoms with Crippen LogP contribution < -0.4 is 10.2 Å². The number of fused-ring (bicyclic) bond motifs is 1. The number of nitrogens with one attached hydrogen (secondary N) is 1. The summed E-state index contributed by atoms with van der Waals surface area (Å²) in [5, 5.41) is 13.1. The van der Waals surface area contributed by atoms with Gasteiger partial charge in [0.25, 0.3) is 5.91 Å². The molecule has 0 spiro atoms. The highest BCUT2D eigenvalue weighted by Gasteiger charge is 2.27. The largest absolute Gasteiger partial charge is 0.480 e. The molecule has 0 aliphatic carbocycles. The third-order valence-electron chi connectivity index (χ3n) is 6.70. The molecule has 0 fully saturated rings. The Bertz CT molecular complexity index is 1650. The number of benzene rings is 3. The Labute approximate surface area is 234 Å². The highest BCUT2D eigenvalue weighted by Crippen LogP contribution is 2.36. The molecule has 0 aliphatic rings. The van der Waals surface area contributed by atoms with E-state index in [1.54, 1.807) is 60.6 Å². The normalized spacial score (nSPS) is 11.8. The van der Waals surface area contributed by atoms with Crippen molar-refractivity contribution in [3.8, 4) is 11.1 Å². The number of aromatic nitrogens is 1. The highest BCUT2D eigenvalue weighted by molar-refractivity contribution is 6.34. The molecule has 0 radical (unpaired) electrons. The molecule has 40 heavy (non-hydrogen) atoms. The summed E-state index contributed by atoms with van der Waals surface area (Å²) in [6.07, 6.45) is 1.41. The van der Waals surface area contributed by atoms with Gasteiger partial charge in [-0.2, -0.15) is 0 Å². The van der Waals surface area contributed by atoms with E-state index in [1.165, 1.54) is 0 Å². The molecule has 0 saturated heterocycles. The van der Waals surface area contributed by atoms with Gasteiger partial charge in [0, 0.05) is 47.4 Å². The first-order valence-corrected chi connectivity index (χ1v) is 12.7. The maximum atomic E-state index is 14.8. The van der Waals surface area contributed by atoms with Crippen LogP contribution in [0.4, 0.5) is 20.2 Å². The number of rotatable bonds is 8. The average molecular weight is 563 g/mol. The SMILES string of the molecule is [C-]#[N+]c1ccc(-c2ccc(C[C@H](NC(=O)c3c(F)cc(N(C)C(C)C)cc3F)C(=O)O)c3cccnc23)c(Cl)c1. The zero-order valence-electron chi connectivity index (χ0n) is 21.9. The summed E-state index contributed by atoms with van der Waals surface area (Å²) in [5.41, 5.74) is 2.18. The number of carbonyl (C=O) groups is 2. The fourth-order valence-electron chi connectivity index (χ4n) is 4.35. The molecule has 1 aromatic heterocycles. The van der Waals surface area contributed by atoms with Crippen molar-refractivity contribution >= 4 is 45.8 Å². The first-order valence-electron chi connectivity index (χ1n) is 12.3. The second-order valence-corrected chi connectivity index (χ2v) is 9.91. The summed E-state index contributed by atoms with van der Waals surface area (Å²) in [6, 6.07) is 12.3. The van der Waals surface area contributed by atoms with Gasteiger partial charge < -0.3 is 15.3 Å². The van der Waals surface area contributed by atoms with Crippen molar-refractivity contribution < 1.29 is 23.5 Å². The smallest absolute Gasteiger partial charge is 0.326 e. The van der Waals surface area contributed by atoms with Gasteiger partial charge in [0.2, 0.25) is 0 Å². The predicted octanol–water partition coefficient (Wildman–Crippen LogP) is 6.65. The van der Waals surface area contributed by atoms with Crippen LogP contribution in [-0.4, -0.2) is 41.1 Å². The lowest BCUT2D eigenvalue weighted by atomic mass is 9.95. The zero-order valence-corrected chi connectivity index (χ0v) is 22.6. The number of hydrogen-bond donors (Lipinski definition) is 2. The van der Waals surface area contributed by atoms with Crippen molar-refractivity contribution in [1.29, 1.82) is 0 Å². The number of hydrogen-bond acceptors (Lipinski definition) is 4. The van der Waals surface area contributed by atoms with Crippen LogP contribution in [0.1, 0.15) is 29.8 Å². The fourth-order valence-corrected chi connectivity index (χ4v) is 4.62. The van der Waals surface area contributed by atoms with Gasteiger partial charge >= 0.3 is 5.97 Å². The van der Waals surface area contributed by atoms with Crippen LogP contribution in [-0.2, 0) is 11.2 Å². The van der Waals surface area contributed by atoms with E-state index in [-0.39, 0.29) is 18.2 Å². The number of carbonyl (C=O) groups excluding carboxylic acids is 1. The first-order chi connectivity index (χ1) is 19.0. The quantitative estimate of drug-likeness (QED) is 0.235. The molecule has 204 valence electrons. The monoisotopic (exact) mass is 562 g/mol. The molecule has 10 heteroatoms. The highest BCUT2D eigenvalue weighted by atomic mass is 35.5. The number of amides is 1. The van der Waals surface area contributed by atoms with Gasteiger partial charge in [-0.1, -0.05) is 41.9 Å². The lowest BCUT2D eigenvalue weighted by Gasteiger charge is -2.24. The Balaban J connectivity index is 1.66. The number of pyridine rings is 1. The summed E-state index contributed by atoms with van der Waals surface area (Å²) in [4.78, 5) is 34.5. The second-order valence-electron chi connectivity index (χ2n) is 9.51. The third-order valence-corrected chi connectivity index (χ3v) is 7.01. The van der Waals surface area contributed by atoms with Crippen molar-refractivity contribution in [3.05, 3.63) is 100.0 Å². The molecule has 4 rings (SSSR count). The topological polar surface area (TPSA) is 86.9 Å². The van der Waals surface area contributed by atoms with Crippen LogP contribution in [0.5, 0.6) is 0 Å². The van der Waals surface area contributed by atoms with Gasteiger partial charge in [-0.25, -0.2) is 18.4 Å². The molecule has 7 nitrogen and oxygen atoms in total. The van der Waals surface area contributed by atoms with Crippen molar-refractivity contribution in [3.63, 3.8) is 0 Å². The van der Waals surface area contributed by atoms with Gasteiger partial charge in [0.1, 0.15) is 23.2 Å². The summed E-state index contributed by atoms with van der Waals surface area (Å²) >= 11 is 6.43. The van der Waals surface area contributed by atoms with Gasteiger partial charge in [0.05, 0.1) is 12.1 Å². The number of nitrogens with zero attached hydrogens (tertiary/aromatic N) is 3. The molecular weight excluding hydrogens is 538 g/mol. The fraction of sp³-hybridized carbons (Fsp3) is 0.200. The lowest BCUT2D eigenvalue weighted by Crippen LogP contribution is -2.43. The number of halogens is 3. The van der Waals surface area contributed by atoms with Crippen molar-refractivity contribution in [2.75, 3.05) is 11.9 Å². The van der Waals surface area contributed by atoms with Gasteiger partial charge in [0.15, 0.2) is 5.69 Å². The van der Waals surface area contributed by atoms with Crippen molar-refractivity contribution in [2.24, 2.45) is 0 Å². The minimum atomic E-state index is -1.49. The van der Waals surface area contributed by atoms with E-state index < -0.39 is 35.1 Å². The average Bonchev–Trinajstić information content (AvgIpc) is 2.91. The Morgan fingerprint density at radius 1 is 1.10 bits per heavy atom. The number of carboxylic acid groups (broad SMARTS) is 1. The number of carboxylic acids is 1. The molecule has 0 saturated carbocycles. The molecule has 0 aliphatic heterocycles. The van der Waals surface area contributed by atoms with Crippen LogP contribution >= 0.6 is 11.6 Å². The summed E-state index contributed by atoms with van der Waals surface area (Å²) in [5.74, 6) is -4.73. The van der Waals surface area contributed by atoms with Crippen LogP contribution in [0.25, 0.3) is 26.9 Å². The van der Waals surface area contributed by atoms with E-state index in [1.807, 2.05) is 13.8 Å². The van der Waals surface area contributed by atoms with Crippen LogP contribution in [0.2, 0.25) is 5.02 Å². The number of aliphatic carboxylic acids is 1. The molecule has 3 aromatic carbocycles. The molecule has 1 heterocycles. The van der Waals surface area contributed by atoms with Gasteiger partial charge in [-0.05, 0) is 49.2 Å². The van der Waals surface area contributed by atoms with E-state index >= 15 is 0 Å². The van der Waals surface area contributed by atoms with E-state index in [2.05, 4.69) is 15.1 Å². The second kappa shape index (κ2) is 11.7. The van der Waals surface area contributed by atoms with Crippen LogP contribution in [0, 0.1) is 18.2 Å². The van der Waals surface area contributed by atoms with E-state index in [0.29, 0.717) is 38.3 Å². The maximum Gasteiger partial charge on any atom is 0.326 e. The Morgan fingerprint density at radius 3 is 2.38 bits per heavy atom. The molecule has 1 amide bonds. The summed E-state index contributed by atoms with van der Waals surface area (Å²) in [7, 11) is 1.67. The summed E-state index contributed by atoms with van der Waals surface area (Å²) in [6.45, 7) is 10.9. The Kier molecular flexibility index (Phi) is 8.31. The van der Waals surface area contributed by atoms with E-state index in [0.717, 1.165) is 12.1 Å². The molecule has 4 aromatic rings. The zero-order chi connectivity index (χ0) is 29.1. The van der Waals surface area contributed by atoms with E-state index in [4.69, 9.17) is 18.2 Å². The minimum absolute atomic E-state index is 0.0419. The first kappa shape index (κ1) is 28.5. The van der Waals surface area contributed by atoms with Crippen molar-refractivity contribution in [2.45, 2.75) is 32.4 Å². The Morgan fingerprint density at radius 2 is 1.77 bits per heavy atom. The maximum absolute atomic E-state index is 14.8. The Hall–Kier alpha value is -4.55. The van der Waals surface area contributed by atoms with Crippen molar-refractivity contribution in [1.82, 2.24) is 10.3 Å². The predicted molar refractivity (Wildman–Crippen MR) is 151 cm³/mol. The standard InChI is InChI=1S/C30H25ClF2N4O3/c1-16(2)37(4)19-14-24(32)27(25(33)15-19)29(38)36-26(30(39)40)12-17-7-9-22(28-20(17)6-5-11-35-28)21-10-8-18(34-3)13-23(21)31/h5-11,13-16,26H,12H2,1-2,4H3,(H,36,38)(H,39,40)/t26-/m0/s1. The lowest BCUT2D eigenvalue weighted by molar-refractivity contribution is -0.139. The molecule has 2 N–H and O–H groups in total.